The van der Waals surface area contributed by atoms with E-state index in [1.54, 1.807) is 4.90 Å². The molecule has 33 heavy (non-hydrogen) atoms. The van der Waals surface area contributed by atoms with Gasteiger partial charge in [-0.1, -0.05) is 12.1 Å². The van der Waals surface area contributed by atoms with Gasteiger partial charge in [0.2, 0.25) is 21.8 Å². The Hall–Kier alpha value is -2.82. The largest absolute Gasteiger partial charge is 0.340 e. The monoisotopic (exact) mass is 476 g/mol. The highest BCUT2D eigenvalue weighted by Crippen LogP contribution is 2.18. The van der Waals surface area contributed by atoms with Crippen molar-refractivity contribution in [2.45, 2.75) is 25.2 Å². The summed E-state index contributed by atoms with van der Waals surface area (Å²) in [6.07, 6.45) is 0.0214. The molecule has 0 radical (unpaired) electrons. The Morgan fingerprint density at radius 3 is 2.33 bits per heavy atom. The first kappa shape index (κ1) is 24.8. The Kier molecular flexibility index (Phi) is 8.17. The highest BCUT2D eigenvalue weighted by molar-refractivity contribution is 7.89. The molecule has 0 spiro atoms. The van der Waals surface area contributed by atoms with Crippen LogP contribution in [0.15, 0.2) is 47.4 Å². The summed E-state index contributed by atoms with van der Waals surface area (Å²) in [5, 5.41) is 2.94. The Labute approximate surface area is 193 Å². The number of benzene rings is 2. The van der Waals surface area contributed by atoms with Gasteiger partial charge < -0.3 is 10.2 Å². The lowest BCUT2D eigenvalue weighted by Crippen LogP contribution is -2.50. The minimum atomic E-state index is -3.80. The summed E-state index contributed by atoms with van der Waals surface area (Å²) in [5.41, 5.74) is 2.95. The standard InChI is InChI=1S/C23H29FN4O4S/c1-17-4-3-5-21(18(17)2)26-22(29)16-27-12-14-28(15-13-27)23(30)10-11-25-33(31,32)20-8-6-19(24)7-9-20/h3-9,25H,10-16H2,1-2H3,(H,26,29). The normalized spacial score (nSPS) is 14.8. The molecule has 1 saturated heterocycles. The number of sulfonamides is 1. The van der Waals surface area contributed by atoms with E-state index in [0.717, 1.165) is 28.9 Å². The summed E-state index contributed by atoms with van der Waals surface area (Å²) >= 11 is 0. The lowest BCUT2D eigenvalue weighted by atomic mass is 10.1. The Morgan fingerprint density at radius 2 is 1.67 bits per heavy atom. The van der Waals surface area contributed by atoms with Crippen molar-refractivity contribution in [1.82, 2.24) is 14.5 Å². The van der Waals surface area contributed by atoms with E-state index in [0.29, 0.717) is 26.2 Å². The van der Waals surface area contributed by atoms with Crippen molar-refractivity contribution in [2.24, 2.45) is 0 Å². The van der Waals surface area contributed by atoms with E-state index >= 15 is 0 Å². The maximum Gasteiger partial charge on any atom is 0.240 e. The number of hydrogen-bond acceptors (Lipinski definition) is 5. The first-order chi connectivity index (χ1) is 15.7. The quantitative estimate of drug-likeness (QED) is 0.606. The summed E-state index contributed by atoms with van der Waals surface area (Å²) in [7, 11) is -3.80. The van der Waals surface area contributed by atoms with Gasteiger partial charge in [-0.25, -0.2) is 17.5 Å². The van der Waals surface area contributed by atoms with Gasteiger partial charge in [-0.2, -0.15) is 0 Å². The number of nitrogens with zero attached hydrogens (tertiary/aromatic N) is 2. The van der Waals surface area contributed by atoms with Gasteiger partial charge >= 0.3 is 0 Å². The SMILES string of the molecule is Cc1cccc(NC(=O)CN2CCN(C(=O)CCNS(=O)(=O)c3ccc(F)cc3)CC2)c1C. The second kappa shape index (κ2) is 10.9. The van der Waals surface area contributed by atoms with Crippen molar-refractivity contribution in [2.75, 3.05) is 44.6 Å². The minimum Gasteiger partial charge on any atom is -0.340 e. The van der Waals surface area contributed by atoms with Crippen LogP contribution in [0, 0.1) is 19.7 Å². The number of nitrogens with one attached hydrogen (secondary N) is 2. The van der Waals surface area contributed by atoms with Crippen molar-refractivity contribution in [3.8, 4) is 0 Å². The predicted molar refractivity (Wildman–Crippen MR) is 124 cm³/mol. The van der Waals surface area contributed by atoms with Crippen LogP contribution >= 0.6 is 0 Å². The van der Waals surface area contributed by atoms with Crippen molar-refractivity contribution >= 4 is 27.5 Å². The third-order valence-electron chi connectivity index (χ3n) is 5.73. The number of carbonyl (C=O) groups excluding carboxylic acids is 2. The van der Waals surface area contributed by atoms with E-state index in [2.05, 4.69) is 10.0 Å². The lowest BCUT2D eigenvalue weighted by Gasteiger charge is -2.34. The zero-order valence-electron chi connectivity index (χ0n) is 18.8. The molecule has 1 heterocycles. The van der Waals surface area contributed by atoms with Crippen LogP contribution in [0.2, 0.25) is 0 Å². The molecule has 1 fully saturated rings. The summed E-state index contributed by atoms with van der Waals surface area (Å²) < 4.78 is 39.8. The van der Waals surface area contributed by atoms with Crippen LogP contribution in [0.4, 0.5) is 10.1 Å². The van der Waals surface area contributed by atoms with Gasteiger partial charge in [0.25, 0.3) is 0 Å². The minimum absolute atomic E-state index is 0.0214. The molecule has 2 aromatic rings. The van der Waals surface area contributed by atoms with Crippen molar-refractivity contribution in [3.05, 3.63) is 59.4 Å². The number of piperazine rings is 1. The molecular weight excluding hydrogens is 447 g/mol. The predicted octanol–water partition coefficient (Wildman–Crippen LogP) is 1.89. The molecule has 2 aromatic carbocycles. The van der Waals surface area contributed by atoms with Crippen LogP contribution in [-0.2, 0) is 19.6 Å². The number of aryl methyl sites for hydroxylation is 1. The zero-order chi connectivity index (χ0) is 24.0. The maximum atomic E-state index is 13.0. The molecule has 0 bridgehead atoms. The number of hydrogen-bond donors (Lipinski definition) is 2. The molecule has 0 aliphatic carbocycles. The third-order valence-corrected chi connectivity index (χ3v) is 7.20. The van der Waals surface area contributed by atoms with E-state index in [1.165, 1.54) is 12.1 Å². The fourth-order valence-electron chi connectivity index (χ4n) is 3.58. The van der Waals surface area contributed by atoms with Crippen LogP contribution in [0.25, 0.3) is 0 Å². The van der Waals surface area contributed by atoms with Gasteiger partial charge in [-0.15, -0.1) is 0 Å². The topological polar surface area (TPSA) is 98.8 Å². The van der Waals surface area contributed by atoms with Crippen LogP contribution in [-0.4, -0.2) is 69.3 Å². The molecule has 0 saturated carbocycles. The highest BCUT2D eigenvalue weighted by atomic mass is 32.2. The van der Waals surface area contributed by atoms with Crippen LogP contribution in [0.1, 0.15) is 17.5 Å². The Bertz CT molecular complexity index is 1100. The van der Waals surface area contributed by atoms with Crippen molar-refractivity contribution in [3.63, 3.8) is 0 Å². The summed E-state index contributed by atoms with van der Waals surface area (Å²) in [6.45, 7) is 6.23. The number of rotatable bonds is 8. The van der Waals surface area contributed by atoms with Crippen molar-refractivity contribution in [1.29, 1.82) is 0 Å². The summed E-state index contributed by atoms with van der Waals surface area (Å²) in [4.78, 5) is 28.5. The molecule has 178 valence electrons. The van der Waals surface area contributed by atoms with Crippen LogP contribution in [0.3, 0.4) is 0 Å². The molecule has 0 aromatic heterocycles. The first-order valence-electron chi connectivity index (χ1n) is 10.8. The molecule has 10 heteroatoms. The second-order valence-corrected chi connectivity index (χ2v) is 9.82. The Morgan fingerprint density at radius 1 is 1.00 bits per heavy atom. The maximum absolute atomic E-state index is 13.0. The van der Waals surface area contributed by atoms with E-state index in [1.807, 2.05) is 36.9 Å². The van der Waals surface area contributed by atoms with Gasteiger partial charge in [-0.05, 0) is 55.3 Å². The van der Waals surface area contributed by atoms with Gasteiger partial charge in [-0.3, -0.25) is 14.5 Å². The van der Waals surface area contributed by atoms with Gasteiger partial charge in [0.05, 0.1) is 11.4 Å². The first-order valence-corrected chi connectivity index (χ1v) is 12.3. The fourth-order valence-corrected chi connectivity index (χ4v) is 4.61. The summed E-state index contributed by atoms with van der Waals surface area (Å²) in [6, 6.07) is 10.3. The lowest BCUT2D eigenvalue weighted by molar-refractivity contribution is -0.132. The second-order valence-electron chi connectivity index (χ2n) is 8.05. The number of anilines is 1. The molecule has 2 amide bonds. The number of halogens is 1. The fraction of sp³-hybridized carbons (Fsp3) is 0.391. The van der Waals surface area contributed by atoms with E-state index in [4.69, 9.17) is 0 Å². The smallest absolute Gasteiger partial charge is 0.240 e. The average molecular weight is 477 g/mol. The van der Waals surface area contributed by atoms with Gasteiger partial charge in [0, 0.05) is 44.8 Å². The highest BCUT2D eigenvalue weighted by Gasteiger charge is 2.23. The molecule has 2 N–H and O–H groups in total. The van der Waals surface area contributed by atoms with Gasteiger partial charge in [0.15, 0.2) is 0 Å². The van der Waals surface area contributed by atoms with E-state index < -0.39 is 15.8 Å². The molecule has 1 aliphatic heterocycles. The third kappa shape index (κ3) is 6.83. The molecule has 0 atom stereocenters. The molecule has 1 aliphatic rings. The van der Waals surface area contributed by atoms with Crippen LogP contribution in [0.5, 0.6) is 0 Å². The number of carbonyl (C=O) groups is 2. The van der Waals surface area contributed by atoms with Crippen molar-refractivity contribution < 1.29 is 22.4 Å². The molecule has 8 nitrogen and oxygen atoms in total. The van der Waals surface area contributed by atoms with Crippen LogP contribution < -0.4 is 10.0 Å². The van der Waals surface area contributed by atoms with Gasteiger partial charge in [0.1, 0.15) is 5.82 Å². The average Bonchev–Trinajstić information content (AvgIpc) is 2.77. The molecule has 0 unspecified atom stereocenters. The van der Waals surface area contributed by atoms with E-state index in [-0.39, 0.29) is 36.2 Å². The number of amides is 2. The Balaban J connectivity index is 1.40. The molecular formula is C23H29FN4O4S. The zero-order valence-corrected chi connectivity index (χ0v) is 19.6. The summed E-state index contributed by atoms with van der Waals surface area (Å²) in [5.74, 6) is -0.777. The molecule has 3 rings (SSSR count). The van der Waals surface area contributed by atoms with E-state index in [9.17, 15) is 22.4 Å².